The van der Waals surface area contributed by atoms with Crippen molar-refractivity contribution >= 4 is 28.9 Å². The molecule has 2 aliphatic heterocycles. The van der Waals surface area contributed by atoms with Crippen LogP contribution in [0, 0.1) is 16.0 Å². The number of nitro benzene ring substituents is 1. The summed E-state index contributed by atoms with van der Waals surface area (Å²) in [5.74, 6) is -1.62. The number of aryl methyl sites for hydroxylation is 1. The summed E-state index contributed by atoms with van der Waals surface area (Å²) < 4.78 is 10.7. The zero-order valence-corrected chi connectivity index (χ0v) is 20.5. The summed E-state index contributed by atoms with van der Waals surface area (Å²) in [6.45, 7) is 2.01. The maximum absolute atomic E-state index is 13.8. The van der Waals surface area contributed by atoms with E-state index in [0.29, 0.717) is 11.4 Å². The van der Waals surface area contributed by atoms with Gasteiger partial charge in [-0.3, -0.25) is 24.5 Å². The van der Waals surface area contributed by atoms with Gasteiger partial charge in [0.05, 0.1) is 42.1 Å². The predicted octanol–water partition coefficient (Wildman–Crippen LogP) is 4.23. The van der Waals surface area contributed by atoms with Crippen molar-refractivity contribution in [3.8, 4) is 11.5 Å². The molecule has 0 N–H and O–H groups in total. The number of imide groups is 1. The second-order valence-electron chi connectivity index (χ2n) is 8.71. The van der Waals surface area contributed by atoms with Gasteiger partial charge in [-0.15, -0.1) is 0 Å². The first kappa shape index (κ1) is 24.3. The summed E-state index contributed by atoms with van der Waals surface area (Å²) in [7, 11) is 2.80. The molecule has 3 aromatic rings. The SMILES string of the molecule is CCc1ccc(N2C(=O)[C@H]3[C@@H](c4cc(OC)c(OC)cc4[N+](=O)[O-])N(c4ccccc4)O[C@H]3C2=O)cc1. The molecule has 37 heavy (non-hydrogen) atoms. The minimum Gasteiger partial charge on any atom is -0.493 e. The first-order valence-electron chi connectivity index (χ1n) is 11.8. The summed E-state index contributed by atoms with van der Waals surface area (Å²) in [4.78, 5) is 46.2. The number of hydroxylamine groups is 1. The molecule has 2 aliphatic rings. The van der Waals surface area contributed by atoms with Gasteiger partial charge in [-0.1, -0.05) is 37.3 Å². The molecule has 10 nitrogen and oxygen atoms in total. The molecule has 190 valence electrons. The smallest absolute Gasteiger partial charge is 0.278 e. The van der Waals surface area contributed by atoms with Crippen LogP contribution in [0.25, 0.3) is 0 Å². The van der Waals surface area contributed by atoms with Gasteiger partial charge < -0.3 is 9.47 Å². The van der Waals surface area contributed by atoms with Gasteiger partial charge in [-0.05, 0) is 42.3 Å². The topological polar surface area (TPSA) is 111 Å². The van der Waals surface area contributed by atoms with Crippen LogP contribution in [0.5, 0.6) is 11.5 Å². The van der Waals surface area contributed by atoms with E-state index in [-0.39, 0.29) is 22.7 Å². The number of nitro groups is 1. The molecule has 3 atom stereocenters. The van der Waals surface area contributed by atoms with Crippen molar-refractivity contribution < 1.29 is 28.8 Å². The van der Waals surface area contributed by atoms with Crippen molar-refractivity contribution in [1.29, 1.82) is 0 Å². The van der Waals surface area contributed by atoms with Crippen LogP contribution < -0.4 is 19.4 Å². The van der Waals surface area contributed by atoms with Crippen molar-refractivity contribution in [3.63, 3.8) is 0 Å². The van der Waals surface area contributed by atoms with Gasteiger partial charge in [0.1, 0.15) is 12.0 Å². The molecule has 0 aliphatic carbocycles. The molecule has 0 unspecified atom stereocenters. The summed E-state index contributed by atoms with van der Waals surface area (Å²) in [5, 5.41) is 13.6. The first-order chi connectivity index (χ1) is 17.9. The van der Waals surface area contributed by atoms with Gasteiger partial charge in [0.15, 0.2) is 17.6 Å². The van der Waals surface area contributed by atoms with Crippen LogP contribution in [0.1, 0.15) is 24.1 Å². The third kappa shape index (κ3) is 3.95. The van der Waals surface area contributed by atoms with Crippen LogP contribution in [0.4, 0.5) is 17.1 Å². The maximum Gasteiger partial charge on any atom is 0.278 e. The second-order valence-corrected chi connectivity index (χ2v) is 8.71. The number of hydrogen-bond acceptors (Lipinski definition) is 8. The molecular formula is C27H25N3O7. The van der Waals surface area contributed by atoms with E-state index in [1.165, 1.54) is 31.4 Å². The van der Waals surface area contributed by atoms with Crippen LogP contribution in [-0.4, -0.2) is 37.1 Å². The molecule has 0 radical (unpaired) electrons. The van der Waals surface area contributed by atoms with Gasteiger partial charge in [-0.25, -0.2) is 9.96 Å². The minimum absolute atomic E-state index is 0.170. The number of methoxy groups -OCH3 is 2. The molecule has 0 spiro atoms. The average Bonchev–Trinajstić information content (AvgIpc) is 3.43. The van der Waals surface area contributed by atoms with E-state index >= 15 is 0 Å². The van der Waals surface area contributed by atoms with Gasteiger partial charge >= 0.3 is 0 Å². The first-order valence-corrected chi connectivity index (χ1v) is 11.8. The minimum atomic E-state index is -1.16. The number of carbonyl (C=O) groups excluding carboxylic acids is 2. The van der Waals surface area contributed by atoms with Crippen molar-refractivity contribution in [1.82, 2.24) is 0 Å². The van der Waals surface area contributed by atoms with Crippen molar-refractivity contribution in [3.05, 3.63) is 88.0 Å². The van der Waals surface area contributed by atoms with E-state index in [1.807, 2.05) is 25.1 Å². The number of benzene rings is 3. The van der Waals surface area contributed by atoms with Gasteiger partial charge in [0.25, 0.3) is 11.6 Å². The lowest BCUT2D eigenvalue weighted by molar-refractivity contribution is -0.385. The van der Waals surface area contributed by atoms with Crippen LogP contribution >= 0.6 is 0 Å². The average molecular weight is 504 g/mol. The molecule has 2 fully saturated rings. The van der Waals surface area contributed by atoms with E-state index < -0.39 is 34.8 Å². The molecule has 0 aromatic heterocycles. The molecule has 3 aromatic carbocycles. The molecule has 2 amide bonds. The fourth-order valence-electron chi connectivity index (χ4n) is 4.94. The summed E-state index contributed by atoms with van der Waals surface area (Å²) in [6, 6.07) is 17.8. The highest BCUT2D eigenvalue weighted by atomic mass is 16.7. The summed E-state index contributed by atoms with van der Waals surface area (Å²) >= 11 is 0. The number of ether oxygens (including phenoxy) is 2. The number of nitrogens with zero attached hydrogens (tertiary/aromatic N) is 3. The number of hydrogen-bond donors (Lipinski definition) is 0. The Morgan fingerprint density at radius 1 is 0.919 bits per heavy atom. The lowest BCUT2D eigenvalue weighted by Gasteiger charge is -2.29. The van der Waals surface area contributed by atoms with E-state index in [1.54, 1.807) is 36.4 Å². The zero-order valence-electron chi connectivity index (χ0n) is 20.5. The number of para-hydroxylation sites is 1. The molecule has 0 bridgehead atoms. The lowest BCUT2D eigenvalue weighted by Crippen LogP contribution is -2.37. The number of anilines is 2. The molecule has 10 heteroatoms. The number of rotatable bonds is 7. The Morgan fingerprint density at radius 3 is 2.16 bits per heavy atom. The van der Waals surface area contributed by atoms with Crippen molar-refractivity contribution in [2.24, 2.45) is 5.92 Å². The highest BCUT2D eigenvalue weighted by Gasteiger charge is 2.61. The highest BCUT2D eigenvalue weighted by molar-refractivity contribution is 6.24. The fourth-order valence-corrected chi connectivity index (χ4v) is 4.94. The standard InChI is InChI=1S/C27H25N3O7/c1-4-16-10-12-17(13-11-16)28-26(31)23-24(19-14-21(35-2)22(36-3)15-20(19)30(33)34)29(37-25(23)27(28)32)18-8-6-5-7-9-18/h5-15,23-25H,4H2,1-3H3/t23-,24+,25+/m0/s1. The molecular weight excluding hydrogens is 478 g/mol. The number of carbonyl (C=O) groups is 2. The van der Waals surface area contributed by atoms with Gasteiger partial charge in [0.2, 0.25) is 5.91 Å². The van der Waals surface area contributed by atoms with Gasteiger partial charge in [0, 0.05) is 0 Å². The molecule has 5 rings (SSSR count). The Balaban J connectivity index is 1.66. The quantitative estimate of drug-likeness (QED) is 0.268. The molecule has 0 saturated carbocycles. The van der Waals surface area contributed by atoms with Crippen molar-refractivity contribution in [2.75, 3.05) is 24.2 Å². The third-order valence-electron chi connectivity index (χ3n) is 6.78. The zero-order chi connectivity index (χ0) is 26.3. The summed E-state index contributed by atoms with van der Waals surface area (Å²) in [5.41, 5.74) is 1.93. The Labute approximate surface area is 213 Å². The monoisotopic (exact) mass is 503 g/mol. The van der Waals surface area contributed by atoms with E-state index in [4.69, 9.17) is 14.3 Å². The van der Waals surface area contributed by atoms with Crippen molar-refractivity contribution in [2.45, 2.75) is 25.5 Å². The maximum atomic E-state index is 13.8. The Bertz CT molecular complexity index is 1360. The molecule has 2 saturated heterocycles. The largest absolute Gasteiger partial charge is 0.493 e. The van der Waals surface area contributed by atoms with Gasteiger partial charge in [-0.2, -0.15) is 0 Å². The Morgan fingerprint density at radius 2 is 1.57 bits per heavy atom. The fraction of sp³-hybridized carbons (Fsp3) is 0.259. The van der Waals surface area contributed by atoms with E-state index in [2.05, 4.69) is 0 Å². The normalized spacial score (nSPS) is 20.8. The van der Waals surface area contributed by atoms with Crippen LogP contribution in [-0.2, 0) is 20.8 Å². The summed E-state index contributed by atoms with van der Waals surface area (Å²) in [6.07, 6.45) is -0.343. The number of fused-ring (bicyclic) bond motifs is 1. The Hall–Kier alpha value is -4.44. The highest BCUT2D eigenvalue weighted by Crippen LogP contribution is 2.51. The lowest BCUT2D eigenvalue weighted by atomic mass is 9.89. The van der Waals surface area contributed by atoms with Crippen LogP contribution in [0.3, 0.4) is 0 Å². The van der Waals surface area contributed by atoms with Crippen LogP contribution in [0.2, 0.25) is 0 Å². The predicted molar refractivity (Wildman–Crippen MR) is 135 cm³/mol. The Kier molecular flexibility index (Phi) is 6.26. The molecule has 2 heterocycles. The number of amides is 2. The second kappa shape index (κ2) is 9.55. The van der Waals surface area contributed by atoms with E-state index in [0.717, 1.165) is 16.9 Å². The third-order valence-corrected chi connectivity index (χ3v) is 6.78. The van der Waals surface area contributed by atoms with Crippen LogP contribution in [0.15, 0.2) is 66.7 Å². The van der Waals surface area contributed by atoms with E-state index in [9.17, 15) is 19.7 Å².